The predicted octanol–water partition coefficient (Wildman–Crippen LogP) is 4.03. The summed E-state index contributed by atoms with van der Waals surface area (Å²) in [7, 11) is -28.7. The van der Waals surface area contributed by atoms with Gasteiger partial charge in [-0.3, -0.25) is 0 Å². The summed E-state index contributed by atoms with van der Waals surface area (Å²) in [5.41, 5.74) is 0.308. The van der Waals surface area contributed by atoms with Crippen molar-refractivity contribution in [2.24, 2.45) is 0 Å². The maximum absolute atomic E-state index is 11.9. The number of hydrogen-bond acceptors (Lipinski definition) is 14. The average molecular weight is 812 g/mol. The van der Waals surface area contributed by atoms with E-state index in [-0.39, 0.29) is 37.6 Å². The Balaban J connectivity index is 0.000000594. The number of alkyl halides is 3. The van der Waals surface area contributed by atoms with Crippen molar-refractivity contribution in [3.63, 3.8) is 0 Å². The number of esters is 1. The van der Waals surface area contributed by atoms with Gasteiger partial charge in [0.1, 0.15) is 0 Å². The van der Waals surface area contributed by atoms with Crippen molar-refractivity contribution in [1.82, 2.24) is 0 Å². The Bertz CT molecular complexity index is 1010. The van der Waals surface area contributed by atoms with Crippen LogP contribution in [-0.2, 0) is 77.5 Å². The van der Waals surface area contributed by atoms with E-state index in [4.69, 9.17) is 54.1 Å². The average Bonchev–Trinajstić information content (AvgIpc) is 2.68. The monoisotopic (exact) mass is 811 g/mol. The van der Waals surface area contributed by atoms with E-state index >= 15 is 0 Å². The van der Waals surface area contributed by atoms with Crippen molar-refractivity contribution >= 4 is 76.4 Å². The van der Waals surface area contributed by atoms with Crippen LogP contribution in [0.3, 0.4) is 0 Å². The summed E-state index contributed by atoms with van der Waals surface area (Å²) >= 11 is 0. The van der Waals surface area contributed by atoms with Gasteiger partial charge in [-0.05, 0) is 19.8 Å². The van der Waals surface area contributed by atoms with Crippen LogP contribution in [0.25, 0.3) is 0 Å². The molecule has 0 aromatic carbocycles. The van der Waals surface area contributed by atoms with Gasteiger partial charge in [-0.25, -0.2) is 4.79 Å². The summed E-state index contributed by atoms with van der Waals surface area (Å²) in [4.78, 5) is 11.9. The molecule has 6 aliphatic heterocycles. The first-order chi connectivity index (χ1) is 19.4. The van der Waals surface area contributed by atoms with E-state index in [9.17, 15) is 18.0 Å². The van der Waals surface area contributed by atoms with Gasteiger partial charge < -0.3 is 54.1 Å². The third kappa shape index (κ3) is 9.50. The van der Waals surface area contributed by atoms with Crippen LogP contribution in [0.1, 0.15) is 33.1 Å². The summed E-state index contributed by atoms with van der Waals surface area (Å²) in [6, 6.07) is 0.236. The second-order valence-electron chi connectivity index (χ2n) is 11.3. The maximum Gasteiger partial charge on any atom is 0.478 e. The fourth-order valence-corrected chi connectivity index (χ4v) is 51.2. The Hall–Kier alpha value is 0.839. The zero-order chi connectivity index (χ0) is 32.4. The molecule has 0 aliphatic carbocycles. The minimum atomic E-state index is -3.95. The minimum Gasteiger partial charge on any atom is -0.462 e. The molecule has 26 heteroatoms. The van der Waals surface area contributed by atoms with Crippen molar-refractivity contribution < 1.29 is 90.6 Å². The molecular weight excluding hydrogens is 773 g/mol. The minimum absolute atomic E-state index is 0. The molecule has 14 nitrogen and oxygen atoms in total. The molecule has 0 atom stereocenters. The summed E-state index contributed by atoms with van der Waals surface area (Å²) < 4.78 is 117. The first-order valence-corrected chi connectivity index (χ1v) is 31.2. The molecule has 0 aromatic rings. The summed E-state index contributed by atoms with van der Waals surface area (Å²) in [5, 5.41) is 0. The van der Waals surface area contributed by atoms with Crippen LogP contribution in [0.15, 0.2) is 12.2 Å². The molecule has 8 bridgehead atoms. The molecule has 6 rings (SSSR count). The van der Waals surface area contributed by atoms with Crippen molar-refractivity contribution in [2.75, 3.05) is 6.61 Å². The zero-order valence-corrected chi connectivity index (χ0v) is 35.4. The van der Waals surface area contributed by atoms with Gasteiger partial charge in [0.05, 0.1) is 6.61 Å². The largest absolute Gasteiger partial charge is 0.478 e. The van der Waals surface area contributed by atoms with Crippen molar-refractivity contribution in [2.45, 2.75) is 91.2 Å². The number of carbonyl (C=O) groups is 1. The Morgan fingerprint density at radius 1 is 0.659 bits per heavy atom. The van der Waals surface area contributed by atoms with E-state index in [0.717, 1.165) is 0 Å². The third-order valence-electron chi connectivity index (χ3n) is 6.10. The molecule has 6 fully saturated rings. The normalized spacial score (nSPS) is 45.8. The zero-order valence-electron chi connectivity index (χ0n) is 26.0. The number of hydrogen-bond donors (Lipinski definition) is 0. The van der Waals surface area contributed by atoms with Crippen LogP contribution < -0.4 is 0 Å². The maximum atomic E-state index is 11.9. The number of ether oxygens (including phenoxy) is 1. The van der Waals surface area contributed by atoms with Crippen LogP contribution in [0.2, 0.25) is 51.9 Å². The topological polar surface area (TPSA) is 137 Å². The first kappa shape index (κ1) is 39.3. The molecule has 0 spiro atoms. The standard InChI is InChI=1S/C14H32O14Si8.C4H7F3.V/c1-13(2)14(15)16-11-10-12-36-26-33(7)20-30(4)17-29(3)18-31(5,22-33)24-35(9,28-36)25-32(6,19-29)23-34(8,21-30)27-36;1-2-3-4(5,6)7;/h1,10-12H2,2-9H3;2-3H2,1H3;. The number of rotatable bonds is 6. The Labute approximate surface area is 275 Å². The van der Waals surface area contributed by atoms with Crippen LogP contribution in [0, 0.1) is 0 Å². The van der Waals surface area contributed by atoms with E-state index in [2.05, 4.69) is 6.58 Å². The quantitative estimate of drug-likeness (QED) is 0.165. The van der Waals surface area contributed by atoms with Crippen LogP contribution in [0.4, 0.5) is 13.2 Å². The van der Waals surface area contributed by atoms with E-state index in [1.54, 1.807) is 52.8 Å². The summed E-state index contributed by atoms with van der Waals surface area (Å²) in [6.07, 6.45) is -4.07. The van der Waals surface area contributed by atoms with Crippen LogP contribution in [0.5, 0.6) is 0 Å². The van der Waals surface area contributed by atoms with Gasteiger partial charge >= 0.3 is 82.6 Å². The molecule has 0 amide bonds. The Morgan fingerprint density at radius 2 is 0.955 bits per heavy atom. The second kappa shape index (κ2) is 12.9. The van der Waals surface area contributed by atoms with E-state index < -0.39 is 89.0 Å². The smallest absolute Gasteiger partial charge is 0.462 e. The van der Waals surface area contributed by atoms with Gasteiger partial charge in [0.25, 0.3) is 0 Å². The molecule has 0 saturated carbocycles. The molecule has 0 aromatic heterocycles. The molecule has 6 saturated heterocycles. The van der Waals surface area contributed by atoms with Gasteiger partial charge in [0.2, 0.25) is 0 Å². The Kier molecular flexibility index (Phi) is 11.6. The van der Waals surface area contributed by atoms with Gasteiger partial charge in [-0.1, -0.05) is 13.5 Å². The van der Waals surface area contributed by atoms with E-state index in [0.29, 0.717) is 12.0 Å². The SMILES string of the molecule is C=C(C)C(=O)OCCC[Si]12O[Si]3(C)O[Si]4(C)O[Si]5(C)O[Si](C)(O3)O[Si](C)(O[Si](C)(O5)O[Si](C)(O4)O1)O2.CCCC(F)(F)F.[V]. The molecular formula is C18H39F3O14Si8V. The van der Waals surface area contributed by atoms with Crippen molar-refractivity contribution in [3.8, 4) is 0 Å². The molecule has 6 heterocycles. The van der Waals surface area contributed by atoms with Gasteiger partial charge in [0, 0.05) is 82.4 Å². The fraction of sp³-hybridized carbons (Fsp3) is 0.833. The van der Waals surface area contributed by atoms with Gasteiger partial charge in [0.15, 0.2) is 0 Å². The molecule has 0 N–H and O–H groups in total. The number of halogens is 3. The van der Waals surface area contributed by atoms with Crippen LogP contribution in [-0.4, -0.2) is 89.2 Å². The molecule has 44 heavy (non-hydrogen) atoms. The van der Waals surface area contributed by atoms with Crippen molar-refractivity contribution in [1.29, 1.82) is 0 Å². The summed E-state index contributed by atoms with van der Waals surface area (Å²) in [5.74, 6) is -0.482. The van der Waals surface area contributed by atoms with Gasteiger partial charge in [-0.2, -0.15) is 13.2 Å². The molecule has 1 radical (unpaired) electrons. The fourth-order valence-electron chi connectivity index (χ4n) is 5.39. The first-order valence-electron chi connectivity index (χ1n) is 13.7. The Morgan fingerprint density at radius 3 is 1.18 bits per heavy atom. The van der Waals surface area contributed by atoms with Crippen molar-refractivity contribution in [3.05, 3.63) is 12.2 Å². The molecule has 253 valence electrons. The van der Waals surface area contributed by atoms with E-state index in [1.165, 1.54) is 6.92 Å². The number of carbonyl (C=O) groups excluding carboxylic acids is 1. The molecule has 0 unspecified atom stereocenters. The second-order valence-corrected chi connectivity index (χ2v) is 35.1. The van der Waals surface area contributed by atoms with Crippen LogP contribution >= 0.6 is 0 Å². The van der Waals surface area contributed by atoms with E-state index in [1.807, 2.05) is 0 Å². The summed E-state index contributed by atoms with van der Waals surface area (Å²) in [6.45, 7) is 18.8. The molecule has 6 aliphatic rings. The van der Waals surface area contributed by atoms with Gasteiger partial charge in [-0.15, -0.1) is 0 Å². The predicted molar refractivity (Wildman–Crippen MR) is 156 cm³/mol. The third-order valence-corrected chi connectivity index (χ3v) is 41.9.